The van der Waals surface area contributed by atoms with E-state index < -0.39 is 30.5 Å². The summed E-state index contributed by atoms with van der Waals surface area (Å²) in [5.41, 5.74) is 1.86. The van der Waals surface area contributed by atoms with Gasteiger partial charge in [0.25, 0.3) is 5.91 Å². The second-order valence-electron chi connectivity index (χ2n) is 9.30. The maximum atomic E-state index is 13.7. The molecule has 5 rings (SSSR count). The minimum atomic E-state index is -4.35. The first-order chi connectivity index (χ1) is 18.6. The molecule has 0 bridgehead atoms. The highest BCUT2D eigenvalue weighted by Gasteiger charge is 2.44. The average Bonchev–Trinajstić information content (AvgIpc) is 3.51. The van der Waals surface area contributed by atoms with Gasteiger partial charge in [-0.3, -0.25) is 4.79 Å². The number of halogens is 4. The van der Waals surface area contributed by atoms with Gasteiger partial charge in [-0.15, -0.1) is 5.10 Å². The molecule has 0 saturated heterocycles. The van der Waals surface area contributed by atoms with Crippen molar-refractivity contribution in [3.05, 3.63) is 71.7 Å². The Morgan fingerprint density at radius 3 is 2.67 bits per heavy atom. The largest absolute Gasteiger partial charge is 0.437 e. The van der Waals surface area contributed by atoms with E-state index in [0.717, 1.165) is 6.07 Å². The van der Waals surface area contributed by atoms with Crippen molar-refractivity contribution in [3.8, 4) is 29.0 Å². The second kappa shape index (κ2) is 9.90. The molecule has 4 aromatic rings. The maximum Gasteiger partial charge on any atom is 0.390 e. The van der Waals surface area contributed by atoms with E-state index >= 15 is 0 Å². The van der Waals surface area contributed by atoms with Gasteiger partial charge < -0.3 is 15.4 Å². The Morgan fingerprint density at radius 1 is 1.21 bits per heavy atom. The van der Waals surface area contributed by atoms with Crippen molar-refractivity contribution >= 4 is 17.2 Å². The van der Waals surface area contributed by atoms with Crippen LogP contribution in [0.15, 0.2) is 54.7 Å². The van der Waals surface area contributed by atoms with Crippen LogP contribution in [-0.2, 0) is 0 Å². The molecular formula is C27H22F4N6O2. The minimum absolute atomic E-state index is 0.000753. The molecule has 0 aliphatic heterocycles. The van der Waals surface area contributed by atoms with Crippen LogP contribution in [0.25, 0.3) is 16.9 Å². The van der Waals surface area contributed by atoms with E-state index in [1.54, 1.807) is 25.1 Å². The average molecular weight is 539 g/mol. The molecule has 0 radical (unpaired) electrons. The third kappa shape index (κ3) is 5.77. The molecule has 2 heterocycles. The Hall–Kier alpha value is -4.66. The monoisotopic (exact) mass is 538 g/mol. The lowest BCUT2D eigenvalue weighted by Crippen LogP contribution is -2.35. The van der Waals surface area contributed by atoms with Crippen LogP contribution in [0.5, 0.6) is 11.6 Å². The van der Waals surface area contributed by atoms with E-state index in [0.29, 0.717) is 35.2 Å². The fourth-order valence-electron chi connectivity index (χ4n) is 4.07. The Bertz CT molecular complexity index is 1600. The van der Waals surface area contributed by atoms with Crippen molar-refractivity contribution in [1.29, 1.82) is 5.26 Å². The SMILES string of the molecule is Cc1cc(-c2cnc3c(NCCC(F)(F)F)cc(Oc4cccc(F)c4)nn23)ccc1C(=O)NC1(C#N)CC1. The van der Waals surface area contributed by atoms with E-state index in [9.17, 15) is 27.6 Å². The van der Waals surface area contributed by atoms with Crippen LogP contribution >= 0.6 is 0 Å². The highest BCUT2D eigenvalue weighted by Crippen LogP contribution is 2.35. The molecule has 12 heteroatoms. The number of aromatic nitrogens is 3. The molecule has 1 saturated carbocycles. The van der Waals surface area contributed by atoms with Crippen molar-refractivity contribution in [2.75, 3.05) is 11.9 Å². The van der Waals surface area contributed by atoms with Crippen LogP contribution in [0.1, 0.15) is 35.2 Å². The van der Waals surface area contributed by atoms with Crippen molar-refractivity contribution in [2.45, 2.75) is 37.9 Å². The van der Waals surface area contributed by atoms with Crippen molar-refractivity contribution in [1.82, 2.24) is 19.9 Å². The van der Waals surface area contributed by atoms with Crippen molar-refractivity contribution in [3.63, 3.8) is 0 Å². The van der Waals surface area contributed by atoms with E-state index in [1.165, 1.54) is 35.0 Å². The predicted octanol–water partition coefficient (Wildman–Crippen LogP) is 5.79. The van der Waals surface area contributed by atoms with Crippen molar-refractivity contribution in [2.24, 2.45) is 0 Å². The molecule has 0 spiro atoms. The molecule has 200 valence electrons. The molecule has 1 fully saturated rings. The number of alkyl halides is 3. The van der Waals surface area contributed by atoms with Crippen LogP contribution in [-0.4, -0.2) is 38.8 Å². The van der Waals surface area contributed by atoms with E-state index in [2.05, 4.69) is 26.8 Å². The highest BCUT2D eigenvalue weighted by atomic mass is 19.4. The Balaban J connectivity index is 1.50. The first kappa shape index (κ1) is 26.0. The van der Waals surface area contributed by atoms with Gasteiger partial charge in [0.2, 0.25) is 5.88 Å². The Kier molecular flexibility index (Phi) is 6.59. The molecule has 1 amide bonds. The lowest BCUT2D eigenvalue weighted by Gasteiger charge is -2.13. The second-order valence-corrected chi connectivity index (χ2v) is 9.30. The quantitative estimate of drug-likeness (QED) is 0.276. The number of ether oxygens (including phenoxy) is 1. The lowest BCUT2D eigenvalue weighted by atomic mass is 10.0. The van der Waals surface area contributed by atoms with Gasteiger partial charge in [0.1, 0.15) is 17.1 Å². The van der Waals surface area contributed by atoms with Gasteiger partial charge in [-0.1, -0.05) is 12.1 Å². The number of carbonyl (C=O) groups excluding carboxylic acids is 1. The summed E-state index contributed by atoms with van der Waals surface area (Å²) in [7, 11) is 0. The molecule has 2 N–H and O–H groups in total. The number of nitriles is 1. The molecule has 2 aromatic carbocycles. The minimum Gasteiger partial charge on any atom is -0.437 e. The van der Waals surface area contributed by atoms with E-state index in [1.807, 2.05) is 0 Å². The normalized spacial score (nSPS) is 14.1. The number of nitrogens with one attached hydrogen (secondary N) is 2. The summed E-state index contributed by atoms with van der Waals surface area (Å²) in [6, 6.07) is 14.0. The van der Waals surface area contributed by atoms with Gasteiger partial charge in [0, 0.05) is 29.8 Å². The summed E-state index contributed by atoms with van der Waals surface area (Å²) in [5, 5.41) is 19.2. The summed E-state index contributed by atoms with van der Waals surface area (Å²) >= 11 is 0. The van der Waals surface area contributed by atoms with Gasteiger partial charge in [0.15, 0.2) is 5.65 Å². The van der Waals surface area contributed by atoms with Crippen LogP contribution in [0.2, 0.25) is 0 Å². The van der Waals surface area contributed by atoms with Gasteiger partial charge in [0.05, 0.1) is 30.1 Å². The van der Waals surface area contributed by atoms with Crippen LogP contribution in [0, 0.1) is 24.1 Å². The third-order valence-corrected chi connectivity index (χ3v) is 6.27. The number of rotatable bonds is 8. The van der Waals surface area contributed by atoms with Gasteiger partial charge in [-0.05, 0) is 49.6 Å². The number of aryl methyl sites for hydroxylation is 1. The molecule has 39 heavy (non-hydrogen) atoms. The first-order valence-electron chi connectivity index (χ1n) is 12.0. The van der Waals surface area contributed by atoms with Crippen molar-refractivity contribution < 1.29 is 27.1 Å². The number of anilines is 1. The molecule has 1 aliphatic carbocycles. The van der Waals surface area contributed by atoms with E-state index in [4.69, 9.17) is 4.74 Å². The van der Waals surface area contributed by atoms with Gasteiger partial charge in [-0.2, -0.15) is 18.4 Å². The van der Waals surface area contributed by atoms with Crippen LogP contribution in [0.4, 0.5) is 23.2 Å². The summed E-state index contributed by atoms with van der Waals surface area (Å²) in [6.45, 7) is 1.35. The first-order valence-corrected chi connectivity index (χ1v) is 12.0. The number of hydrogen-bond acceptors (Lipinski definition) is 6. The Labute approximate surface area is 220 Å². The number of hydrogen-bond donors (Lipinski definition) is 2. The van der Waals surface area contributed by atoms with Crippen LogP contribution in [0.3, 0.4) is 0 Å². The number of benzene rings is 2. The Morgan fingerprint density at radius 2 is 2.00 bits per heavy atom. The third-order valence-electron chi connectivity index (χ3n) is 6.27. The highest BCUT2D eigenvalue weighted by molar-refractivity contribution is 5.97. The number of imidazole rings is 1. The molecule has 1 aliphatic rings. The standard InChI is InChI=1S/C27H22F4N6O2/c1-16-11-17(5-6-20(16)25(38)35-26(15-32)7-8-26)22-14-34-24-21(33-10-9-27(29,30)31)13-23(36-37(22)24)39-19-4-2-3-18(28)12-19/h2-6,11-14,33H,7-10H2,1H3,(H,35,38). The summed E-state index contributed by atoms with van der Waals surface area (Å²) < 4.78 is 59.1. The smallest absolute Gasteiger partial charge is 0.390 e. The lowest BCUT2D eigenvalue weighted by molar-refractivity contribution is -0.131. The zero-order valence-corrected chi connectivity index (χ0v) is 20.6. The molecular weight excluding hydrogens is 516 g/mol. The number of carbonyl (C=O) groups is 1. The number of nitrogens with zero attached hydrogens (tertiary/aromatic N) is 4. The topological polar surface area (TPSA) is 104 Å². The summed E-state index contributed by atoms with van der Waals surface area (Å²) in [6.07, 6.45) is -2.69. The van der Waals surface area contributed by atoms with E-state index in [-0.39, 0.29) is 28.9 Å². The van der Waals surface area contributed by atoms with Gasteiger partial charge >= 0.3 is 6.18 Å². The molecule has 2 aromatic heterocycles. The molecule has 8 nitrogen and oxygen atoms in total. The number of fused-ring (bicyclic) bond motifs is 1. The zero-order valence-electron chi connectivity index (χ0n) is 20.6. The zero-order chi connectivity index (χ0) is 27.8. The van der Waals surface area contributed by atoms with Crippen LogP contribution < -0.4 is 15.4 Å². The molecule has 0 unspecified atom stereocenters. The molecule has 0 atom stereocenters. The number of amides is 1. The fraction of sp³-hybridized carbons (Fsp3) is 0.259. The predicted molar refractivity (Wildman–Crippen MR) is 134 cm³/mol. The maximum absolute atomic E-state index is 13.7. The fourth-order valence-corrected chi connectivity index (χ4v) is 4.07. The summed E-state index contributed by atoms with van der Waals surface area (Å²) in [5.74, 6) is -0.721. The summed E-state index contributed by atoms with van der Waals surface area (Å²) in [4.78, 5) is 17.1. The van der Waals surface area contributed by atoms with Gasteiger partial charge in [-0.25, -0.2) is 13.9 Å².